The summed E-state index contributed by atoms with van der Waals surface area (Å²) in [6.45, 7) is 7.15. The number of rotatable bonds is 4. The fraction of sp³-hybridized carbons (Fsp3) is 0.500. The van der Waals surface area contributed by atoms with Crippen LogP contribution in [-0.4, -0.2) is 52.6 Å². The van der Waals surface area contributed by atoms with E-state index in [9.17, 15) is 4.79 Å². The lowest BCUT2D eigenvalue weighted by molar-refractivity contribution is 0.0798. The number of nitrogens with one attached hydrogen (secondary N) is 1. The van der Waals surface area contributed by atoms with Crippen molar-refractivity contribution in [3.05, 3.63) is 28.7 Å². The summed E-state index contributed by atoms with van der Waals surface area (Å²) >= 11 is 0. The molecule has 0 saturated carbocycles. The van der Waals surface area contributed by atoms with E-state index in [1.165, 1.54) is 0 Å². The molecule has 0 aliphatic heterocycles. The van der Waals surface area contributed by atoms with E-state index < -0.39 is 0 Å². The van der Waals surface area contributed by atoms with Crippen LogP contribution in [0.2, 0.25) is 0 Å². The summed E-state index contributed by atoms with van der Waals surface area (Å²) in [6, 6.07) is 1.96. The SMILES string of the molecule is CNCCN(C)C(=O)c1c(C)nn2c(C)cc(C)nc12. The van der Waals surface area contributed by atoms with Crippen LogP contribution in [0.15, 0.2) is 6.07 Å². The van der Waals surface area contributed by atoms with Crippen LogP contribution >= 0.6 is 0 Å². The molecule has 0 fully saturated rings. The molecule has 0 aliphatic rings. The molecule has 0 aliphatic carbocycles. The van der Waals surface area contributed by atoms with Crippen molar-refractivity contribution in [3.63, 3.8) is 0 Å². The Hall–Kier alpha value is -1.95. The molecule has 108 valence electrons. The summed E-state index contributed by atoms with van der Waals surface area (Å²) < 4.78 is 1.74. The van der Waals surface area contributed by atoms with Gasteiger partial charge in [0.05, 0.1) is 5.69 Å². The summed E-state index contributed by atoms with van der Waals surface area (Å²) in [6.07, 6.45) is 0. The fourth-order valence-electron chi connectivity index (χ4n) is 2.25. The molecule has 0 atom stereocenters. The van der Waals surface area contributed by atoms with Gasteiger partial charge < -0.3 is 10.2 Å². The largest absolute Gasteiger partial charge is 0.340 e. The third kappa shape index (κ3) is 2.51. The second-order valence-corrected chi connectivity index (χ2v) is 5.06. The molecule has 0 bridgehead atoms. The van der Waals surface area contributed by atoms with Crippen LogP contribution < -0.4 is 5.32 Å². The zero-order valence-corrected chi connectivity index (χ0v) is 12.7. The highest BCUT2D eigenvalue weighted by atomic mass is 16.2. The van der Waals surface area contributed by atoms with Crippen molar-refractivity contribution in [2.75, 3.05) is 27.2 Å². The van der Waals surface area contributed by atoms with Gasteiger partial charge in [0, 0.05) is 31.5 Å². The molecule has 2 aromatic heterocycles. The van der Waals surface area contributed by atoms with Gasteiger partial charge in [-0.15, -0.1) is 0 Å². The zero-order valence-electron chi connectivity index (χ0n) is 12.7. The molecule has 2 aromatic rings. The van der Waals surface area contributed by atoms with Crippen LogP contribution in [0, 0.1) is 20.8 Å². The molecule has 2 heterocycles. The van der Waals surface area contributed by atoms with E-state index in [1.54, 1.807) is 16.5 Å². The molecule has 0 spiro atoms. The summed E-state index contributed by atoms with van der Waals surface area (Å²) in [4.78, 5) is 18.7. The van der Waals surface area contributed by atoms with Gasteiger partial charge >= 0.3 is 0 Å². The number of nitrogens with zero attached hydrogens (tertiary/aromatic N) is 4. The Morgan fingerprint density at radius 1 is 1.40 bits per heavy atom. The molecule has 6 heteroatoms. The third-order valence-corrected chi connectivity index (χ3v) is 3.33. The topological polar surface area (TPSA) is 62.5 Å². The number of hydrogen-bond acceptors (Lipinski definition) is 4. The van der Waals surface area contributed by atoms with Crippen molar-refractivity contribution in [3.8, 4) is 0 Å². The average molecular weight is 275 g/mol. The molecule has 0 radical (unpaired) electrons. The summed E-state index contributed by atoms with van der Waals surface area (Å²) in [7, 11) is 3.67. The van der Waals surface area contributed by atoms with E-state index in [0.717, 1.165) is 17.9 Å². The molecule has 6 nitrogen and oxygen atoms in total. The molecule has 0 unspecified atom stereocenters. The number of likely N-dealkylation sites (N-methyl/N-ethyl adjacent to an activating group) is 2. The van der Waals surface area contributed by atoms with Gasteiger partial charge in [-0.2, -0.15) is 5.10 Å². The molecule has 0 aromatic carbocycles. The Morgan fingerprint density at radius 2 is 2.10 bits per heavy atom. The van der Waals surface area contributed by atoms with Crippen LogP contribution in [-0.2, 0) is 0 Å². The maximum atomic E-state index is 12.6. The van der Waals surface area contributed by atoms with Crippen molar-refractivity contribution >= 4 is 11.6 Å². The van der Waals surface area contributed by atoms with Gasteiger partial charge in [0.1, 0.15) is 5.56 Å². The maximum Gasteiger partial charge on any atom is 0.259 e. The Morgan fingerprint density at radius 3 is 2.75 bits per heavy atom. The van der Waals surface area contributed by atoms with Crippen molar-refractivity contribution in [2.45, 2.75) is 20.8 Å². The Labute approximate surface area is 118 Å². The second kappa shape index (κ2) is 5.58. The second-order valence-electron chi connectivity index (χ2n) is 5.06. The van der Waals surface area contributed by atoms with Crippen LogP contribution in [0.1, 0.15) is 27.4 Å². The van der Waals surface area contributed by atoms with Crippen LogP contribution in [0.25, 0.3) is 5.65 Å². The van der Waals surface area contributed by atoms with Gasteiger partial charge in [-0.1, -0.05) is 0 Å². The lowest BCUT2D eigenvalue weighted by Crippen LogP contribution is -2.33. The standard InChI is InChI=1S/C14H21N5O/c1-9-8-10(2)19-13(16-9)12(11(3)17-19)14(20)18(5)7-6-15-4/h8,15H,6-7H2,1-5H3. The number of aryl methyl sites for hydroxylation is 3. The Kier molecular flexibility index (Phi) is 4.04. The lowest BCUT2D eigenvalue weighted by Gasteiger charge is -2.16. The van der Waals surface area contributed by atoms with Crippen molar-refractivity contribution in [2.24, 2.45) is 0 Å². The minimum absolute atomic E-state index is 0.0368. The van der Waals surface area contributed by atoms with Crippen LogP contribution in [0.5, 0.6) is 0 Å². The quantitative estimate of drug-likeness (QED) is 0.902. The Balaban J connectivity index is 2.48. The van der Waals surface area contributed by atoms with Crippen molar-refractivity contribution in [1.82, 2.24) is 24.8 Å². The average Bonchev–Trinajstić information content (AvgIpc) is 2.71. The van der Waals surface area contributed by atoms with Gasteiger partial charge in [-0.05, 0) is 33.9 Å². The summed E-state index contributed by atoms with van der Waals surface area (Å²) in [5, 5.41) is 7.47. The molecule has 0 saturated heterocycles. The van der Waals surface area contributed by atoms with E-state index in [2.05, 4.69) is 15.4 Å². The van der Waals surface area contributed by atoms with Crippen LogP contribution in [0.3, 0.4) is 0 Å². The molecular formula is C14H21N5O. The number of hydrogen-bond donors (Lipinski definition) is 1. The number of aromatic nitrogens is 3. The normalized spacial score (nSPS) is 11.1. The minimum atomic E-state index is -0.0368. The van der Waals surface area contributed by atoms with E-state index in [1.807, 2.05) is 33.9 Å². The van der Waals surface area contributed by atoms with Gasteiger partial charge in [-0.25, -0.2) is 9.50 Å². The molecule has 20 heavy (non-hydrogen) atoms. The van der Waals surface area contributed by atoms with Gasteiger partial charge in [0.15, 0.2) is 5.65 Å². The van der Waals surface area contributed by atoms with E-state index in [0.29, 0.717) is 23.4 Å². The Bertz CT molecular complexity index is 647. The third-order valence-electron chi connectivity index (χ3n) is 3.33. The monoisotopic (exact) mass is 275 g/mol. The van der Waals surface area contributed by atoms with Crippen LogP contribution in [0.4, 0.5) is 0 Å². The fourth-order valence-corrected chi connectivity index (χ4v) is 2.25. The highest BCUT2D eigenvalue weighted by Gasteiger charge is 2.22. The number of carbonyl (C=O) groups excluding carboxylic acids is 1. The van der Waals surface area contributed by atoms with Gasteiger partial charge in [-0.3, -0.25) is 4.79 Å². The lowest BCUT2D eigenvalue weighted by atomic mass is 10.2. The van der Waals surface area contributed by atoms with Crippen molar-refractivity contribution < 1.29 is 4.79 Å². The predicted molar refractivity (Wildman–Crippen MR) is 78.1 cm³/mol. The summed E-state index contributed by atoms with van der Waals surface area (Å²) in [5.41, 5.74) is 3.82. The first kappa shape index (κ1) is 14.5. The first-order chi connectivity index (χ1) is 9.45. The first-order valence-electron chi connectivity index (χ1n) is 6.69. The molecule has 2 rings (SSSR count). The van der Waals surface area contributed by atoms with Gasteiger partial charge in [0.25, 0.3) is 5.91 Å². The van der Waals surface area contributed by atoms with E-state index in [4.69, 9.17) is 0 Å². The predicted octanol–water partition coefficient (Wildman–Crippen LogP) is 0.946. The smallest absolute Gasteiger partial charge is 0.259 e. The molecular weight excluding hydrogens is 254 g/mol. The van der Waals surface area contributed by atoms with Gasteiger partial charge in [0.2, 0.25) is 0 Å². The summed E-state index contributed by atoms with van der Waals surface area (Å²) in [5.74, 6) is -0.0368. The first-order valence-corrected chi connectivity index (χ1v) is 6.69. The zero-order chi connectivity index (χ0) is 14.9. The highest BCUT2D eigenvalue weighted by molar-refractivity contribution is 6.00. The number of fused-ring (bicyclic) bond motifs is 1. The molecule has 1 amide bonds. The minimum Gasteiger partial charge on any atom is -0.340 e. The number of amides is 1. The maximum absolute atomic E-state index is 12.6. The van der Waals surface area contributed by atoms with E-state index in [-0.39, 0.29) is 5.91 Å². The molecule has 1 N–H and O–H groups in total. The van der Waals surface area contributed by atoms with Crippen molar-refractivity contribution in [1.29, 1.82) is 0 Å². The highest BCUT2D eigenvalue weighted by Crippen LogP contribution is 2.17. The number of carbonyl (C=O) groups is 1. The van der Waals surface area contributed by atoms with E-state index >= 15 is 0 Å².